The molecule has 0 aromatic heterocycles. The van der Waals surface area contributed by atoms with Crippen LogP contribution in [-0.2, 0) is 0 Å². The molecule has 90 valence electrons. The zero-order chi connectivity index (χ0) is 12.1. The van der Waals surface area contributed by atoms with Crippen LogP contribution in [0.25, 0.3) is 0 Å². The van der Waals surface area contributed by atoms with Crippen LogP contribution < -0.4 is 10.5 Å². The molecule has 0 saturated heterocycles. The van der Waals surface area contributed by atoms with E-state index >= 15 is 0 Å². The normalized spacial score (nSPS) is 17.1. The average molecular weight is 230 g/mol. The number of rotatable bonds is 2. The monoisotopic (exact) mass is 230 g/mol. The molecule has 1 aromatic rings. The summed E-state index contributed by atoms with van der Waals surface area (Å²) in [6.45, 7) is 0. The van der Waals surface area contributed by atoms with Crippen molar-refractivity contribution < 1.29 is 4.74 Å². The molecule has 1 fully saturated rings. The minimum atomic E-state index is 0.299. The fraction of sp³-hybridized carbons (Fsp3) is 0.500. The smallest absolute Gasteiger partial charge is 0.121 e. The Labute approximate surface area is 102 Å². The summed E-state index contributed by atoms with van der Waals surface area (Å²) >= 11 is 0. The van der Waals surface area contributed by atoms with Gasteiger partial charge in [-0.3, -0.25) is 0 Å². The van der Waals surface area contributed by atoms with Gasteiger partial charge in [0, 0.05) is 5.69 Å². The van der Waals surface area contributed by atoms with E-state index in [9.17, 15) is 0 Å². The Hall–Kier alpha value is -1.69. The lowest BCUT2D eigenvalue weighted by molar-refractivity contribution is 0.184. The summed E-state index contributed by atoms with van der Waals surface area (Å²) in [4.78, 5) is 0. The second-order valence-electron chi connectivity index (χ2n) is 4.59. The van der Waals surface area contributed by atoms with Crippen LogP contribution in [0.3, 0.4) is 0 Å². The quantitative estimate of drug-likeness (QED) is 0.626. The van der Waals surface area contributed by atoms with Crippen molar-refractivity contribution >= 4 is 5.69 Å². The van der Waals surface area contributed by atoms with Crippen LogP contribution >= 0.6 is 0 Å². The molecule has 0 atom stereocenters. The zero-order valence-electron chi connectivity index (χ0n) is 9.98. The Balaban J connectivity index is 2.05. The SMILES string of the molecule is N#Cc1cc(OC2CCCCCC2)ccc1N. The molecular formula is C14H18N2O. The number of nitrogens with zero attached hydrogens (tertiary/aromatic N) is 1. The predicted octanol–water partition coefficient (Wildman–Crippen LogP) is 3.24. The van der Waals surface area contributed by atoms with Gasteiger partial charge >= 0.3 is 0 Å². The van der Waals surface area contributed by atoms with Gasteiger partial charge in [-0.1, -0.05) is 12.8 Å². The van der Waals surface area contributed by atoms with Gasteiger partial charge in [-0.2, -0.15) is 5.26 Å². The maximum absolute atomic E-state index is 8.91. The van der Waals surface area contributed by atoms with Crippen molar-refractivity contribution in [3.05, 3.63) is 23.8 Å². The third-order valence-corrected chi connectivity index (χ3v) is 3.25. The van der Waals surface area contributed by atoms with E-state index in [1.807, 2.05) is 6.07 Å². The number of benzene rings is 1. The summed E-state index contributed by atoms with van der Waals surface area (Å²) in [5, 5.41) is 8.91. The van der Waals surface area contributed by atoms with E-state index in [0.29, 0.717) is 17.4 Å². The lowest BCUT2D eigenvalue weighted by atomic mass is 10.1. The summed E-state index contributed by atoms with van der Waals surface area (Å²) in [7, 11) is 0. The first-order valence-corrected chi connectivity index (χ1v) is 6.26. The van der Waals surface area contributed by atoms with E-state index in [1.54, 1.807) is 12.1 Å². The lowest BCUT2D eigenvalue weighted by Gasteiger charge is -2.17. The van der Waals surface area contributed by atoms with E-state index in [0.717, 1.165) is 18.6 Å². The molecule has 3 heteroatoms. The molecule has 0 spiro atoms. The predicted molar refractivity (Wildman–Crippen MR) is 67.7 cm³/mol. The van der Waals surface area contributed by atoms with Gasteiger partial charge in [0.2, 0.25) is 0 Å². The van der Waals surface area contributed by atoms with Gasteiger partial charge in [-0.25, -0.2) is 0 Å². The molecule has 3 nitrogen and oxygen atoms in total. The van der Waals surface area contributed by atoms with Gasteiger partial charge in [-0.15, -0.1) is 0 Å². The van der Waals surface area contributed by atoms with Crippen LogP contribution in [-0.4, -0.2) is 6.10 Å². The highest BCUT2D eigenvalue weighted by Crippen LogP contribution is 2.25. The molecule has 2 rings (SSSR count). The first-order valence-electron chi connectivity index (χ1n) is 6.26. The van der Waals surface area contributed by atoms with Crippen molar-refractivity contribution in [2.75, 3.05) is 5.73 Å². The van der Waals surface area contributed by atoms with Gasteiger partial charge < -0.3 is 10.5 Å². The molecule has 17 heavy (non-hydrogen) atoms. The molecule has 0 heterocycles. The molecule has 1 saturated carbocycles. The summed E-state index contributed by atoms with van der Waals surface area (Å²) in [5.74, 6) is 0.766. The molecule has 0 radical (unpaired) electrons. The molecule has 0 amide bonds. The zero-order valence-corrected chi connectivity index (χ0v) is 9.98. The fourth-order valence-electron chi connectivity index (χ4n) is 2.26. The first-order chi connectivity index (χ1) is 8.29. The van der Waals surface area contributed by atoms with Crippen LogP contribution in [0, 0.1) is 11.3 Å². The summed E-state index contributed by atoms with van der Waals surface area (Å²) in [6.07, 6.45) is 7.64. The molecule has 0 bridgehead atoms. The van der Waals surface area contributed by atoms with Crippen molar-refractivity contribution in [3.8, 4) is 11.8 Å². The molecule has 0 aliphatic heterocycles. The highest BCUT2D eigenvalue weighted by molar-refractivity contribution is 5.56. The maximum atomic E-state index is 8.91. The molecule has 1 aliphatic carbocycles. The summed E-state index contributed by atoms with van der Waals surface area (Å²) in [6, 6.07) is 7.41. The van der Waals surface area contributed by atoms with E-state index < -0.39 is 0 Å². The Morgan fingerprint density at radius 2 is 1.88 bits per heavy atom. The van der Waals surface area contributed by atoms with E-state index in [1.165, 1.54) is 25.7 Å². The minimum Gasteiger partial charge on any atom is -0.490 e. The van der Waals surface area contributed by atoms with Crippen molar-refractivity contribution in [2.24, 2.45) is 0 Å². The van der Waals surface area contributed by atoms with Crippen LogP contribution in [0.15, 0.2) is 18.2 Å². The number of nitrogen functional groups attached to an aromatic ring is 1. The van der Waals surface area contributed by atoms with Crippen molar-refractivity contribution in [2.45, 2.75) is 44.6 Å². The van der Waals surface area contributed by atoms with E-state index in [-0.39, 0.29) is 0 Å². The highest BCUT2D eigenvalue weighted by atomic mass is 16.5. The lowest BCUT2D eigenvalue weighted by Crippen LogP contribution is -2.15. The van der Waals surface area contributed by atoms with E-state index in [4.69, 9.17) is 15.7 Å². The second-order valence-corrected chi connectivity index (χ2v) is 4.59. The first kappa shape index (κ1) is 11.8. The van der Waals surface area contributed by atoms with Crippen LogP contribution in [0.5, 0.6) is 5.75 Å². The number of hydrogen-bond donors (Lipinski definition) is 1. The molecule has 1 aromatic carbocycles. The topological polar surface area (TPSA) is 59.0 Å². The second kappa shape index (κ2) is 5.58. The number of anilines is 1. The third kappa shape index (κ3) is 3.13. The highest BCUT2D eigenvalue weighted by Gasteiger charge is 2.14. The molecule has 0 unspecified atom stereocenters. The molecule has 2 N–H and O–H groups in total. The van der Waals surface area contributed by atoms with Crippen molar-refractivity contribution in [3.63, 3.8) is 0 Å². The van der Waals surface area contributed by atoms with E-state index in [2.05, 4.69) is 6.07 Å². The Bertz CT molecular complexity index is 415. The Morgan fingerprint density at radius 1 is 1.18 bits per heavy atom. The van der Waals surface area contributed by atoms with Gasteiger partial charge in [0.25, 0.3) is 0 Å². The maximum Gasteiger partial charge on any atom is 0.121 e. The minimum absolute atomic E-state index is 0.299. The molecular weight excluding hydrogens is 212 g/mol. The number of ether oxygens (including phenoxy) is 1. The Kier molecular flexibility index (Phi) is 3.87. The van der Waals surface area contributed by atoms with Gasteiger partial charge in [0.1, 0.15) is 11.8 Å². The number of nitriles is 1. The standard InChI is InChI=1S/C14H18N2O/c15-10-11-9-13(7-8-14(11)16)17-12-5-3-1-2-4-6-12/h7-9,12H,1-6,16H2. The number of nitrogens with two attached hydrogens (primary N) is 1. The van der Waals surface area contributed by atoms with Gasteiger partial charge in [0.15, 0.2) is 0 Å². The van der Waals surface area contributed by atoms with Gasteiger partial charge in [0.05, 0.1) is 11.7 Å². The largest absolute Gasteiger partial charge is 0.490 e. The Morgan fingerprint density at radius 3 is 2.53 bits per heavy atom. The average Bonchev–Trinajstić information content (AvgIpc) is 2.60. The third-order valence-electron chi connectivity index (χ3n) is 3.25. The van der Waals surface area contributed by atoms with Crippen molar-refractivity contribution in [1.82, 2.24) is 0 Å². The van der Waals surface area contributed by atoms with Crippen LogP contribution in [0.1, 0.15) is 44.1 Å². The summed E-state index contributed by atoms with van der Waals surface area (Å²) < 4.78 is 5.93. The number of hydrogen-bond acceptors (Lipinski definition) is 3. The fourth-order valence-corrected chi connectivity index (χ4v) is 2.26. The van der Waals surface area contributed by atoms with Gasteiger partial charge in [-0.05, 0) is 43.9 Å². The van der Waals surface area contributed by atoms with Crippen LogP contribution in [0.2, 0.25) is 0 Å². The van der Waals surface area contributed by atoms with Crippen LogP contribution in [0.4, 0.5) is 5.69 Å². The van der Waals surface area contributed by atoms with Crippen molar-refractivity contribution in [1.29, 1.82) is 5.26 Å². The summed E-state index contributed by atoms with van der Waals surface area (Å²) in [5.41, 5.74) is 6.69. The molecule has 1 aliphatic rings.